The van der Waals surface area contributed by atoms with Gasteiger partial charge < -0.3 is 9.42 Å². The molecule has 0 aromatic carbocycles. The summed E-state index contributed by atoms with van der Waals surface area (Å²) in [5, 5.41) is 8.91. The van der Waals surface area contributed by atoms with Crippen LogP contribution < -0.4 is 5.14 Å². The molecule has 1 saturated heterocycles. The lowest BCUT2D eigenvalue weighted by atomic mass is 10.1. The number of likely N-dealkylation sites (tertiary alicyclic amines) is 1. The van der Waals surface area contributed by atoms with Gasteiger partial charge in [-0.25, -0.2) is 13.6 Å². The number of primary sulfonamides is 1. The molecule has 2 heterocycles. The number of nitrogens with zero attached hydrogens (tertiary/aromatic N) is 2. The molecule has 0 bridgehead atoms. The molecule has 1 fully saturated rings. The van der Waals surface area contributed by atoms with Gasteiger partial charge in [0.25, 0.3) is 0 Å². The second-order valence-corrected chi connectivity index (χ2v) is 7.29. The Morgan fingerprint density at radius 2 is 2.19 bits per heavy atom. The number of aromatic nitrogens is 1. The molecule has 1 aliphatic rings. The normalized spacial score (nSPS) is 19.2. The van der Waals surface area contributed by atoms with E-state index in [4.69, 9.17) is 9.66 Å². The van der Waals surface area contributed by atoms with Crippen molar-refractivity contribution in [3.05, 3.63) is 17.0 Å². The highest BCUT2D eigenvalue weighted by atomic mass is 32.2. The van der Waals surface area contributed by atoms with Crippen molar-refractivity contribution in [2.24, 2.45) is 11.1 Å². The molecule has 118 valence electrons. The summed E-state index contributed by atoms with van der Waals surface area (Å²) in [6, 6.07) is 0. The van der Waals surface area contributed by atoms with Crippen LogP contribution in [0.15, 0.2) is 4.52 Å². The fourth-order valence-electron chi connectivity index (χ4n) is 2.77. The summed E-state index contributed by atoms with van der Waals surface area (Å²) in [5.41, 5.74) is 1.79. The zero-order valence-electron chi connectivity index (χ0n) is 12.3. The Kier molecular flexibility index (Phi) is 4.67. The van der Waals surface area contributed by atoms with E-state index in [-0.39, 0.29) is 17.6 Å². The molecule has 0 saturated carbocycles. The van der Waals surface area contributed by atoms with E-state index in [1.807, 2.05) is 13.8 Å². The van der Waals surface area contributed by atoms with Gasteiger partial charge in [0.2, 0.25) is 15.9 Å². The van der Waals surface area contributed by atoms with E-state index >= 15 is 0 Å². The van der Waals surface area contributed by atoms with E-state index in [9.17, 15) is 13.2 Å². The maximum absolute atomic E-state index is 12.2. The van der Waals surface area contributed by atoms with Gasteiger partial charge in [0.15, 0.2) is 0 Å². The first-order valence-electron chi connectivity index (χ1n) is 6.96. The number of hydrogen-bond donors (Lipinski definition) is 1. The average molecular weight is 315 g/mol. The summed E-state index contributed by atoms with van der Waals surface area (Å²) < 4.78 is 27.2. The van der Waals surface area contributed by atoms with Gasteiger partial charge in [-0.2, -0.15) is 0 Å². The van der Waals surface area contributed by atoms with E-state index in [2.05, 4.69) is 5.16 Å². The number of amides is 1. The van der Waals surface area contributed by atoms with Crippen LogP contribution in [0.5, 0.6) is 0 Å². The highest BCUT2D eigenvalue weighted by molar-refractivity contribution is 7.89. The van der Waals surface area contributed by atoms with Crippen LogP contribution >= 0.6 is 0 Å². The predicted molar refractivity (Wildman–Crippen MR) is 77.0 cm³/mol. The molecule has 1 amide bonds. The van der Waals surface area contributed by atoms with E-state index in [0.717, 1.165) is 17.0 Å². The van der Waals surface area contributed by atoms with E-state index < -0.39 is 10.0 Å². The summed E-state index contributed by atoms with van der Waals surface area (Å²) in [5.74, 6) is 0.671. The second kappa shape index (κ2) is 6.15. The lowest BCUT2D eigenvalue weighted by Gasteiger charge is -2.16. The van der Waals surface area contributed by atoms with Crippen molar-refractivity contribution in [2.45, 2.75) is 33.1 Å². The van der Waals surface area contributed by atoms with Crippen molar-refractivity contribution in [3.63, 3.8) is 0 Å². The smallest absolute Gasteiger partial charge is 0.222 e. The molecule has 0 spiro atoms. The molecule has 1 atom stereocenters. The van der Waals surface area contributed by atoms with Gasteiger partial charge in [-0.1, -0.05) is 5.16 Å². The molecule has 2 rings (SSSR count). The quantitative estimate of drug-likeness (QED) is 0.844. The van der Waals surface area contributed by atoms with Gasteiger partial charge in [0.1, 0.15) is 5.76 Å². The SMILES string of the molecule is Cc1noc(C)c1CCC(=O)N1CC[C@@H](CS(N)(=O)=O)C1. The van der Waals surface area contributed by atoms with E-state index in [0.29, 0.717) is 32.4 Å². The molecule has 21 heavy (non-hydrogen) atoms. The second-order valence-electron chi connectivity index (χ2n) is 5.63. The molecular weight excluding hydrogens is 294 g/mol. The summed E-state index contributed by atoms with van der Waals surface area (Å²) in [7, 11) is -3.47. The lowest BCUT2D eigenvalue weighted by Crippen LogP contribution is -2.31. The molecule has 1 aromatic heterocycles. The Balaban J connectivity index is 1.85. The van der Waals surface area contributed by atoms with Gasteiger partial charge in [-0.05, 0) is 32.6 Å². The molecule has 0 radical (unpaired) electrons. The Morgan fingerprint density at radius 1 is 1.48 bits per heavy atom. The maximum Gasteiger partial charge on any atom is 0.222 e. The van der Waals surface area contributed by atoms with Gasteiger partial charge in [-0.3, -0.25) is 4.79 Å². The molecule has 0 aliphatic carbocycles. The molecule has 1 aromatic rings. The molecule has 2 N–H and O–H groups in total. The van der Waals surface area contributed by atoms with Crippen LogP contribution in [-0.2, 0) is 21.2 Å². The summed E-state index contributed by atoms with van der Waals surface area (Å²) in [4.78, 5) is 13.9. The largest absolute Gasteiger partial charge is 0.361 e. The van der Waals surface area contributed by atoms with Gasteiger partial charge in [0.05, 0.1) is 11.4 Å². The van der Waals surface area contributed by atoms with Gasteiger partial charge >= 0.3 is 0 Å². The van der Waals surface area contributed by atoms with Gasteiger partial charge in [0, 0.05) is 25.1 Å². The Hall–Kier alpha value is -1.41. The minimum Gasteiger partial charge on any atom is -0.361 e. The number of nitrogens with two attached hydrogens (primary N) is 1. The highest BCUT2D eigenvalue weighted by Crippen LogP contribution is 2.20. The topological polar surface area (TPSA) is 106 Å². The van der Waals surface area contributed by atoms with Crippen molar-refractivity contribution in [2.75, 3.05) is 18.8 Å². The molecule has 0 unspecified atom stereocenters. The first kappa shape index (κ1) is 16.0. The van der Waals surface area contributed by atoms with Crippen molar-refractivity contribution < 1.29 is 17.7 Å². The van der Waals surface area contributed by atoms with Crippen LogP contribution in [0.4, 0.5) is 0 Å². The minimum atomic E-state index is -3.47. The predicted octanol–water partition coefficient (Wildman–Crippen LogP) is 0.361. The third-order valence-electron chi connectivity index (χ3n) is 3.88. The fraction of sp³-hybridized carbons (Fsp3) is 0.692. The zero-order valence-corrected chi connectivity index (χ0v) is 13.1. The minimum absolute atomic E-state index is 0.0342. The zero-order chi connectivity index (χ0) is 15.6. The van der Waals surface area contributed by atoms with Crippen molar-refractivity contribution in [3.8, 4) is 0 Å². The number of aryl methyl sites for hydroxylation is 2. The number of carbonyl (C=O) groups excluding carboxylic acids is 1. The third kappa shape index (κ3) is 4.28. The summed E-state index contributed by atoms with van der Waals surface area (Å²) in [6.45, 7) is 4.75. The summed E-state index contributed by atoms with van der Waals surface area (Å²) in [6.07, 6.45) is 1.66. The third-order valence-corrected chi connectivity index (χ3v) is 4.81. The Labute approximate surface area is 124 Å². The first-order valence-corrected chi connectivity index (χ1v) is 8.68. The molecule has 8 heteroatoms. The summed E-state index contributed by atoms with van der Waals surface area (Å²) >= 11 is 0. The lowest BCUT2D eigenvalue weighted by molar-refractivity contribution is -0.130. The van der Waals surface area contributed by atoms with Crippen molar-refractivity contribution in [1.82, 2.24) is 10.1 Å². The number of hydrogen-bond acceptors (Lipinski definition) is 5. The number of rotatable bonds is 5. The van der Waals surface area contributed by atoms with Crippen LogP contribution in [-0.4, -0.2) is 43.2 Å². The molecule has 1 aliphatic heterocycles. The van der Waals surface area contributed by atoms with Crippen LogP contribution in [0.2, 0.25) is 0 Å². The molecule has 7 nitrogen and oxygen atoms in total. The highest BCUT2D eigenvalue weighted by Gasteiger charge is 2.28. The maximum atomic E-state index is 12.2. The molecular formula is C13H21N3O4S. The number of carbonyl (C=O) groups is 1. The Morgan fingerprint density at radius 3 is 2.76 bits per heavy atom. The fourth-order valence-corrected chi connectivity index (χ4v) is 3.70. The standard InChI is InChI=1S/C13H21N3O4S/c1-9-12(10(2)20-15-9)3-4-13(17)16-6-5-11(7-16)8-21(14,18)19/h11H,3-8H2,1-2H3,(H2,14,18,19)/t11-/m1/s1. The van der Waals surface area contributed by atoms with Crippen LogP contribution in [0.1, 0.15) is 29.9 Å². The first-order chi connectivity index (χ1) is 9.76. The van der Waals surface area contributed by atoms with E-state index in [1.54, 1.807) is 4.90 Å². The average Bonchev–Trinajstić information content (AvgIpc) is 2.93. The van der Waals surface area contributed by atoms with Crippen molar-refractivity contribution in [1.29, 1.82) is 0 Å². The van der Waals surface area contributed by atoms with Crippen LogP contribution in [0, 0.1) is 19.8 Å². The monoisotopic (exact) mass is 315 g/mol. The van der Waals surface area contributed by atoms with Gasteiger partial charge in [-0.15, -0.1) is 0 Å². The van der Waals surface area contributed by atoms with E-state index in [1.165, 1.54) is 0 Å². The van der Waals surface area contributed by atoms with Crippen molar-refractivity contribution >= 4 is 15.9 Å². The Bertz CT molecular complexity index is 604. The van der Waals surface area contributed by atoms with Crippen LogP contribution in [0.3, 0.4) is 0 Å². The van der Waals surface area contributed by atoms with Crippen LogP contribution in [0.25, 0.3) is 0 Å². The number of sulfonamides is 1.